The number of hydrogen-bond acceptors (Lipinski definition) is 5. The molecule has 2 atom stereocenters. The zero-order valence-electron chi connectivity index (χ0n) is 13.9. The molecule has 1 aromatic rings. The lowest BCUT2D eigenvalue weighted by atomic mass is 9.99. The fourth-order valence-corrected chi connectivity index (χ4v) is 4.05. The van der Waals surface area contributed by atoms with Crippen molar-refractivity contribution in [2.75, 3.05) is 18.8 Å². The molecule has 1 fully saturated rings. The van der Waals surface area contributed by atoms with Crippen LogP contribution in [0.4, 0.5) is 0 Å². The number of rotatable bonds is 7. The van der Waals surface area contributed by atoms with Crippen LogP contribution in [-0.2, 0) is 16.6 Å². The van der Waals surface area contributed by atoms with Crippen LogP contribution in [0.15, 0.2) is 4.52 Å². The Bertz CT molecular complexity index is 578. The molecule has 0 bridgehead atoms. The van der Waals surface area contributed by atoms with Crippen molar-refractivity contribution in [3.63, 3.8) is 0 Å². The van der Waals surface area contributed by atoms with Crippen LogP contribution in [0.2, 0.25) is 0 Å². The number of nitrogens with one attached hydrogen (secondary N) is 1. The van der Waals surface area contributed by atoms with Crippen LogP contribution in [-0.4, -0.2) is 43.4 Å². The van der Waals surface area contributed by atoms with Gasteiger partial charge in [-0.1, -0.05) is 18.5 Å². The minimum atomic E-state index is -3.16. The predicted octanol–water partition coefficient (Wildman–Crippen LogP) is 1.83. The highest BCUT2D eigenvalue weighted by atomic mass is 32.2. The second-order valence-corrected chi connectivity index (χ2v) is 8.22. The average Bonchev–Trinajstić information content (AvgIpc) is 2.97. The third-order valence-corrected chi connectivity index (χ3v) is 5.87. The van der Waals surface area contributed by atoms with Gasteiger partial charge in [-0.15, -0.1) is 0 Å². The lowest BCUT2D eigenvalue weighted by molar-refractivity contribution is 0.308. The Hall–Kier alpha value is -0.920. The summed E-state index contributed by atoms with van der Waals surface area (Å²) >= 11 is 0. The molecular weight excluding hydrogens is 302 g/mol. The van der Waals surface area contributed by atoms with Gasteiger partial charge < -0.3 is 4.52 Å². The number of likely N-dealkylation sites (tertiary alicyclic amines) is 1. The van der Waals surface area contributed by atoms with E-state index in [-0.39, 0.29) is 11.8 Å². The maximum atomic E-state index is 11.9. The van der Waals surface area contributed by atoms with Gasteiger partial charge in [0.2, 0.25) is 10.0 Å². The van der Waals surface area contributed by atoms with E-state index in [1.807, 2.05) is 13.8 Å². The lowest BCUT2D eigenvalue weighted by Gasteiger charge is -2.18. The molecule has 2 rings (SSSR count). The molecule has 1 N–H and O–H groups in total. The van der Waals surface area contributed by atoms with Gasteiger partial charge in [-0.3, -0.25) is 4.90 Å². The summed E-state index contributed by atoms with van der Waals surface area (Å²) in [6, 6.07) is 0.00497. The predicted molar refractivity (Wildman–Crippen MR) is 86.0 cm³/mol. The second kappa shape index (κ2) is 7.10. The lowest BCUT2D eigenvalue weighted by Crippen LogP contribution is -2.41. The molecule has 1 aliphatic heterocycles. The average molecular weight is 329 g/mol. The van der Waals surface area contributed by atoms with Crippen LogP contribution in [0.3, 0.4) is 0 Å². The molecule has 0 aromatic carbocycles. The number of aromatic nitrogens is 1. The Morgan fingerprint density at radius 3 is 2.59 bits per heavy atom. The molecule has 0 saturated carbocycles. The van der Waals surface area contributed by atoms with E-state index in [0.717, 1.165) is 49.5 Å². The summed E-state index contributed by atoms with van der Waals surface area (Å²) in [5, 5.41) is 3.99. The summed E-state index contributed by atoms with van der Waals surface area (Å²) < 4.78 is 31.9. The summed E-state index contributed by atoms with van der Waals surface area (Å²) in [4.78, 5) is 2.30. The van der Waals surface area contributed by atoms with Gasteiger partial charge in [-0.2, -0.15) is 0 Å². The molecule has 1 aliphatic rings. The van der Waals surface area contributed by atoms with Crippen LogP contribution in [0, 0.1) is 19.8 Å². The molecule has 22 heavy (non-hydrogen) atoms. The minimum absolute atomic E-state index is 0.00497. The first-order chi connectivity index (χ1) is 10.4. The summed E-state index contributed by atoms with van der Waals surface area (Å²) in [6.45, 7) is 10.1. The highest BCUT2D eigenvalue weighted by molar-refractivity contribution is 7.89. The SMILES string of the molecule is CCC[C@@H]1CN(Cc2c(C)noc2C)C[C@H]1NS(=O)(=O)CC. The molecule has 7 heteroatoms. The fraction of sp³-hybridized carbons (Fsp3) is 0.800. The van der Waals surface area contributed by atoms with Crippen molar-refractivity contribution in [1.29, 1.82) is 0 Å². The van der Waals surface area contributed by atoms with Gasteiger partial charge >= 0.3 is 0 Å². The number of aryl methyl sites for hydroxylation is 2. The van der Waals surface area contributed by atoms with Crippen molar-refractivity contribution >= 4 is 10.0 Å². The highest BCUT2D eigenvalue weighted by Crippen LogP contribution is 2.25. The normalized spacial score (nSPS) is 23.3. The van der Waals surface area contributed by atoms with Crippen LogP contribution < -0.4 is 4.72 Å². The molecule has 1 aromatic heterocycles. The maximum Gasteiger partial charge on any atom is 0.211 e. The van der Waals surface area contributed by atoms with E-state index in [4.69, 9.17) is 4.52 Å². The van der Waals surface area contributed by atoms with Crippen molar-refractivity contribution in [1.82, 2.24) is 14.8 Å². The largest absolute Gasteiger partial charge is 0.361 e. The summed E-state index contributed by atoms with van der Waals surface area (Å²) in [5.41, 5.74) is 2.04. The molecular formula is C15H27N3O3S. The smallest absolute Gasteiger partial charge is 0.211 e. The molecule has 6 nitrogen and oxygen atoms in total. The number of nitrogens with zero attached hydrogens (tertiary/aromatic N) is 2. The Morgan fingerprint density at radius 1 is 1.32 bits per heavy atom. The highest BCUT2D eigenvalue weighted by Gasteiger charge is 2.34. The molecule has 0 unspecified atom stereocenters. The van der Waals surface area contributed by atoms with E-state index >= 15 is 0 Å². The fourth-order valence-electron chi connectivity index (χ4n) is 3.15. The van der Waals surface area contributed by atoms with Gasteiger partial charge in [-0.05, 0) is 33.1 Å². The van der Waals surface area contributed by atoms with Gasteiger partial charge in [0.1, 0.15) is 5.76 Å². The monoisotopic (exact) mass is 329 g/mol. The molecule has 0 aliphatic carbocycles. The Morgan fingerprint density at radius 2 is 2.05 bits per heavy atom. The van der Waals surface area contributed by atoms with Gasteiger partial charge in [0.05, 0.1) is 11.4 Å². The Labute approximate surface area is 133 Å². The Kier molecular flexibility index (Phi) is 5.63. The van der Waals surface area contributed by atoms with Crippen LogP contribution in [0.25, 0.3) is 0 Å². The molecule has 0 radical (unpaired) electrons. The van der Waals surface area contributed by atoms with E-state index < -0.39 is 10.0 Å². The standard InChI is InChI=1S/C15H27N3O3S/c1-5-7-13-8-18(9-14-11(3)16-21-12(14)4)10-15(13)17-22(19,20)6-2/h13,15,17H,5-10H2,1-4H3/t13-,15-/m1/s1. The van der Waals surface area contributed by atoms with Crippen LogP contribution >= 0.6 is 0 Å². The van der Waals surface area contributed by atoms with E-state index in [2.05, 4.69) is 21.7 Å². The van der Waals surface area contributed by atoms with E-state index in [1.54, 1.807) is 6.92 Å². The van der Waals surface area contributed by atoms with Crippen molar-refractivity contribution in [3.8, 4) is 0 Å². The quantitative estimate of drug-likeness (QED) is 0.826. The molecule has 0 amide bonds. The van der Waals surface area contributed by atoms with Crippen molar-refractivity contribution in [2.45, 2.75) is 53.1 Å². The first kappa shape index (κ1) is 17.4. The first-order valence-corrected chi connectivity index (χ1v) is 9.65. The third kappa shape index (κ3) is 4.08. The molecule has 1 saturated heterocycles. The minimum Gasteiger partial charge on any atom is -0.361 e. The first-order valence-electron chi connectivity index (χ1n) is 8.00. The number of hydrogen-bond donors (Lipinski definition) is 1. The summed E-state index contributed by atoms with van der Waals surface area (Å²) in [7, 11) is -3.16. The Balaban J connectivity index is 2.07. The van der Waals surface area contributed by atoms with Gasteiger partial charge in [-0.25, -0.2) is 13.1 Å². The summed E-state index contributed by atoms with van der Waals surface area (Å²) in [5.74, 6) is 1.35. The van der Waals surface area contributed by atoms with E-state index in [0.29, 0.717) is 5.92 Å². The summed E-state index contributed by atoms with van der Waals surface area (Å²) in [6.07, 6.45) is 2.10. The van der Waals surface area contributed by atoms with E-state index in [1.165, 1.54) is 0 Å². The molecule has 2 heterocycles. The molecule has 126 valence electrons. The van der Waals surface area contributed by atoms with E-state index in [9.17, 15) is 8.42 Å². The van der Waals surface area contributed by atoms with Crippen molar-refractivity contribution < 1.29 is 12.9 Å². The van der Waals surface area contributed by atoms with Crippen LogP contribution in [0.5, 0.6) is 0 Å². The van der Waals surface area contributed by atoms with Gasteiger partial charge in [0, 0.05) is 31.2 Å². The van der Waals surface area contributed by atoms with Crippen molar-refractivity contribution in [3.05, 3.63) is 17.0 Å². The zero-order valence-corrected chi connectivity index (χ0v) is 14.7. The van der Waals surface area contributed by atoms with Crippen LogP contribution in [0.1, 0.15) is 43.7 Å². The zero-order chi connectivity index (χ0) is 16.3. The topological polar surface area (TPSA) is 75.4 Å². The van der Waals surface area contributed by atoms with Crippen molar-refractivity contribution in [2.24, 2.45) is 5.92 Å². The number of sulfonamides is 1. The molecule has 0 spiro atoms. The second-order valence-electron chi connectivity index (χ2n) is 6.17. The van der Waals surface area contributed by atoms with Gasteiger partial charge in [0.25, 0.3) is 0 Å². The third-order valence-electron chi connectivity index (χ3n) is 4.45. The van der Waals surface area contributed by atoms with Gasteiger partial charge in [0.15, 0.2) is 0 Å². The maximum absolute atomic E-state index is 11.9.